The maximum absolute atomic E-state index is 3.79. The quantitative estimate of drug-likeness (QED) is 0.862. The Labute approximate surface area is 108 Å². The molecule has 0 aliphatic rings. The zero-order valence-corrected chi connectivity index (χ0v) is 11.9. The van der Waals surface area contributed by atoms with Crippen LogP contribution in [0.25, 0.3) is 0 Å². The van der Waals surface area contributed by atoms with Crippen molar-refractivity contribution in [1.82, 2.24) is 5.32 Å². The molecule has 0 fully saturated rings. The molecule has 0 saturated heterocycles. The van der Waals surface area contributed by atoms with E-state index in [4.69, 9.17) is 0 Å². The van der Waals surface area contributed by atoms with Gasteiger partial charge in [-0.15, -0.1) is 0 Å². The van der Waals surface area contributed by atoms with Gasteiger partial charge in [-0.3, -0.25) is 0 Å². The van der Waals surface area contributed by atoms with Crippen LogP contribution in [0.5, 0.6) is 0 Å². The number of nitrogens with one attached hydrogen (secondary N) is 1. The Morgan fingerprint density at radius 1 is 1.53 bits per heavy atom. The molecule has 15 heavy (non-hydrogen) atoms. The van der Waals surface area contributed by atoms with Crippen molar-refractivity contribution in [3.63, 3.8) is 0 Å². The summed E-state index contributed by atoms with van der Waals surface area (Å²) in [6.07, 6.45) is 1.03. The summed E-state index contributed by atoms with van der Waals surface area (Å²) in [7, 11) is 0. The van der Waals surface area contributed by atoms with Gasteiger partial charge in [-0.05, 0) is 31.0 Å². The van der Waals surface area contributed by atoms with Crippen molar-refractivity contribution in [2.24, 2.45) is 0 Å². The van der Waals surface area contributed by atoms with Crippen molar-refractivity contribution in [3.05, 3.63) is 45.4 Å². The summed E-state index contributed by atoms with van der Waals surface area (Å²) < 4.78 is 2.13. The van der Waals surface area contributed by atoms with Gasteiger partial charge in [0.2, 0.25) is 0 Å². The van der Waals surface area contributed by atoms with Crippen LogP contribution in [0.2, 0.25) is 0 Å². The largest absolute Gasteiger partial charge is 0.309 e. The van der Waals surface area contributed by atoms with E-state index in [1.165, 1.54) is 5.56 Å². The molecule has 1 aromatic rings. The van der Waals surface area contributed by atoms with Crippen LogP contribution >= 0.6 is 31.9 Å². The van der Waals surface area contributed by atoms with Gasteiger partial charge < -0.3 is 5.32 Å². The highest BCUT2D eigenvalue weighted by atomic mass is 79.9. The molecular weight excluding hydrogens is 318 g/mol. The SMILES string of the molecule is C=C(Br)CNC(C)Cc1cccc(Br)c1. The van der Waals surface area contributed by atoms with Gasteiger partial charge in [-0.1, -0.05) is 50.6 Å². The lowest BCUT2D eigenvalue weighted by Gasteiger charge is -2.13. The first kappa shape index (κ1) is 12.9. The molecule has 0 radical (unpaired) electrons. The van der Waals surface area contributed by atoms with Crippen molar-refractivity contribution in [1.29, 1.82) is 0 Å². The second-order valence-corrected chi connectivity index (χ2v) is 5.67. The fraction of sp³-hybridized carbons (Fsp3) is 0.333. The van der Waals surface area contributed by atoms with Gasteiger partial charge in [-0.25, -0.2) is 0 Å². The lowest BCUT2D eigenvalue weighted by atomic mass is 10.1. The molecule has 0 amide bonds. The van der Waals surface area contributed by atoms with Gasteiger partial charge in [0, 0.05) is 21.5 Å². The van der Waals surface area contributed by atoms with E-state index in [9.17, 15) is 0 Å². The molecule has 1 rings (SSSR count). The van der Waals surface area contributed by atoms with E-state index >= 15 is 0 Å². The lowest BCUT2D eigenvalue weighted by molar-refractivity contribution is 0.579. The first-order valence-electron chi connectivity index (χ1n) is 4.89. The summed E-state index contributed by atoms with van der Waals surface area (Å²) in [6, 6.07) is 8.86. The molecular formula is C12H15Br2N. The Kier molecular flexibility index (Phi) is 5.58. The molecule has 0 aliphatic carbocycles. The van der Waals surface area contributed by atoms with Crippen molar-refractivity contribution >= 4 is 31.9 Å². The molecule has 1 N–H and O–H groups in total. The maximum Gasteiger partial charge on any atom is 0.0268 e. The van der Waals surface area contributed by atoms with Crippen LogP contribution in [0.4, 0.5) is 0 Å². The highest BCUT2D eigenvalue weighted by Gasteiger charge is 2.03. The third kappa shape index (κ3) is 5.50. The smallest absolute Gasteiger partial charge is 0.0268 e. The average molecular weight is 333 g/mol. The van der Waals surface area contributed by atoms with Gasteiger partial charge in [0.05, 0.1) is 0 Å². The van der Waals surface area contributed by atoms with Gasteiger partial charge in [-0.2, -0.15) is 0 Å². The number of rotatable bonds is 5. The first-order valence-corrected chi connectivity index (χ1v) is 6.47. The van der Waals surface area contributed by atoms with Crippen LogP contribution in [-0.4, -0.2) is 12.6 Å². The Hall–Kier alpha value is -0.120. The molecule has 1 aromatic carbocycles. The fourth-order valence-corrected chi connectivity index (χ4v) is 1.98. The Morgan fingerprint density at radius 3 is 2.87 bits per heavy atom. The third-order valence-corrected chi connectivity index (χ3v) is 2.85. The molecule has 82 valence electrons. The summed E-state index contributed by atoms with van der Waals surface area (Å²) in [6.45, 7) is 6.79. The van der Waals surface area contributed by atoms with Gasteiger partial charge in [0.1, 0.15) is 0 Å². The fourth-order valence-electron chi connectivity index (χ4n) is 1.37. The van der Waals surface area contributed by atoms with Crippen molar-refractivity contribution in [3.8, 4) is 0 Å². The molecule has 3 heteroatoms. The predicted molar refractivity (Wildman–Crippen MR) is 73.4 cm³/mol. The van der Waals surface area contributed by atoms with Crippen molar-refractivity contribution < 1.29 is 0 Å². The summed E-state index contributed by atoms with van der Waals surface area (Å²) in [4.78, 5) is 0. The predicted octanol–water partition coefficient (Wildman–Crippen LogP) is 3.88. The van der Waals surface area contributed by atoms with E-state index in [0.717, 1.165) is 21.9 Å². The highest BCUT2D eigenvalue weighted by Crippen LogP contribution is 2.13. The summed E-state index contributed by atoms with van der Waals surface area (Å²) in [5, 5.41) is 3.39. The Balaban J connectivity index is 2.44. The average Bonchev–Trinajstić information content (AvgIpc) is 2.15. The molecule has 0 spiro atoms. The second-order valence-electron chi connectivity index (χ2n) is 3.63. The first-order chi connectivity index (χ1) is 7.08. The lowest BCUT2D eigenvalue weighted by Crippen LogP contribution is -2.28. The van der Waals surface area contributed by atoms with Crippen LogP contribution < -0.4 is 5.32 Å². The minimum Gasteiger partial charge on any atom is -0.309 e. The molecule has 0 heterocycles. The molecule has 1 unspecified atom stereocenters. The summed E-state index contributed by atoms with van der Waals surface area (Å²) >= 11 is 6.81. The van der Waals surface area contributed by atoms with Gasteiger partial charge >= 0.3 is 0 Å². The number of halogens is 2. The molecule has 0 aliphatic heterocycles. The summed E-state index contributed by atoms with van der Waals surface area (Å²) in [5.41, 5.74) is 1.34. The van der Waals surface area contributed by atoms with E-state index in [0.29, 0.717) is 6.04 Å². The highest BCUT2D eigenvalue weighted by molar-refractivity contribution is 9.11. The van der Waals surface area contributed by atoms with Crippen LogP contribution in [0.1, 0.15) is 12.5 Å². The molecule has 0 aromatic heterocycles. The third-order valence-electron chi connectivity index (χ3n) is 2.07. The van der Waals surface area contributed by atoms with E-state index in [1.807, 2.05) is 6.07 Å². The van der Waals surface area contributed by atoms with E-state index in [2.05, 4.69) is 68.9 Å². The van der Waals surface area contributed by atoms with E-state index in [-0.39, 0.29) is 0 Å². The number of benzene rings is 1. The van der Waals surface area contributed by atoms with Gasteiger partial charge in [0.15, 0.2) is 0 Å². The normalized spacial score (nSPS) is 12.5. The monoisotopic (exact) mass is 331 g/mol. The summed E-state index contributed by atoms with van der Waals surface area (Å²) in [5.74, 6) is 0. The molecule has 0 saturated carbocycles. The van der Waals surface area contributed by atoms with Crippen LogP contribution in [0.3, 0.4) is 0 Å². The Bertz CT molecular complexity index is 336. The topological polar surface area (TPSA) is 12.0 Å². The minimum absolute atomic E-state index is 0.452. The Morgan fingerprint density at radius 2 is 2.27 bits per heavy atom. The van der Waals surface area contributed by atoms with Crippen LogP contribution in [0.15, 0.2) is 39.8 Å². The molecule has 0 bridgehead atoms. The zero-order chi connectivity index (χ0) is 11.3. The standard InChI is InChI=1S/C12H15Br2N/c1-9(13)8-15-10(2)6-11-4-3-5-12(14)7-11/h3-5,7,10,15H,1,6,8H2,2H3. The maximum atomic E-state index is 3.79. The van der Waals surface area contributed by atoms with Crippen LogP contribution in [0, 0.1) is 0 Å². The second kappa shape index (κ2) is 6.46. The zero-order valence-electron chi connectivity index (χ0n) is 8.76. The van der Waals surface area contributed by atoms with E-state index < -0.39 is 0 Å². The number of hydrogen-bond donors (Lipinski definition) is 1. The van der Waals surface area contributed by atoms with Gasteiger partial charge in [0.25, 0.3) is 0 Å². The van der Waals surface area contributed by atoms with Crippen LogP contribution in [-0.2, 0) is 6.42 Å². The number of hydrogen-bond acceptors (Lipinski definition) is 1. The van der Waals surface area contributed by atoms with Crippen molar-refractivity contribution in [2.45, 2.75) is 19.4 Å². The van der Waals surface area contributed by atoms with E-state index in [1.54, 1.807) is 0 Å². The minimum atomic E-state index is 0.452. The molecule has 1 atom stereocenters. The van der Waals surface area contributed by atoms with Crippen molar-refractivity contribution in [2.75, 3.05) is 6.54 Å². The molecule has 1 nitrogen and oxygen atoms in total.